The first-order chi connectivity index (χ1) is 12.8. The van der Waals surface area contributed by atoms with Gasteiger partial charge >= 0.3 is 7.32 Å². The number of fused-ring (bicyclic) bond motifs is 4. The lowest BCUT2D eigenvalue weighted by atomic mass is 10.0. The van der Waals surface area contributed by atoms with Crippen molar-refractivity contribution >= 4 is 13.4 Å². The van der Waals surface area contributed by atoms with Crippen LogP contribution in [0.25, 0.3) is 17.2 Å². The Morgan fingerprint density at radius 2 is 1.27 bits per heavy atom. The fraction of sp³-hybridized carbons (Fsp3) is 0.0909. The normalized spacial score (nSPS) is 17.0. The minimum absolute atomic E-state index is 0.298. The molecule has 0 amide bonds. The SMILES string of the molecule is OB(OC1C=Cc2ccccc21)OC1c2ccccc2-c2ccccc21. The molecule has 1 atom stereocenters. The second-order valence-corrected chi connectivity index (χ2v) is 6.54. The van der Waals surface area contributed by atoms with E-state index in [-0.39, 0.29) is 12.2 Å². The van der Waals surface area contributed by atoms with Gasteiger partial charge in [-0.3, -0.25) is 0 Å². The molecule has 3 nitrogen and oxygen atoms in total. The Kier molecular flexibility index (Phi) is 3.75. The molecule has 2 aliphatic carbocycles. The molecule has 5 rings (SSSR count). The van der Waals surface area contributed by atoms with Gasteiger partial charge in [0.1, 0.15) is 0 Å². The van der Waals surface area contributed by atoms with E-state index < -0.39 is 7.32 Å². The van der Waals surface area contributed by atoms with E-state index in [9.17, 15) is 5.02 Å². The van der Waals surface area contributed by atoms with Crippen LogP contribution in [0.4, 0.5) is 0 Å². The summed E-state index contributed by atoms with van der Waals surface area (Å²) in [5.41, 5.74) is 6.55. The van der Waals surface area contributed by atoms with E-state index in [4.69, 9.17) is 9.31 Å². The Balaban J connectivity index is 1.39. The largest absolute Gasteiger partial charge is 0.638 e. The molecule has 26 heavy (non-hydrogen) atoms. The van der Waals surface area contributed by atoms with Crippen molar-refractivity contribution in [2.45, 2.75) is 12.2 Å². The average Bonchev–Trinajstić information content (AvgIpc) is 3.22. The Hall–Kier alpha value is -2.66. The second kappa shape index (κ2) is 6.25. The molecule has 0 saturated heterocycles. The summed E-state index contributed by atoms with van der Waals surface area (Å²) < 4.78 is 11.7. The molecular formula is C22H17BO3. The molecule has 2 aliphatic rings. The zero-order valence-corrected chi connectivity index (χ0v) is 14.1. The number of hydrogen-bond donors (Lipinski definition) is 1. The highest BCUT2D eigenvalue weighted by Gasteiger charge is 2.34. The van der Waals surface area contributed by atoms with Gasteiger partial charge in [0.25, 0.3) is 0 Å². The van der Waals surface area contributed by atoms with Crippen LogP contribution in [-0.4, -0.2) is 12.3 Å². The maximum atomic E-state index is 10.5. The summed E-state index contributed by atoms with van der Waals surface area (Å²) in [5.74, 6) is 0. The molecular weight excluding hydrogens is 323 g/mol. The molecule has 0 spiro atoms. The second-order valence-electron chi connectivity index (χ2n) is 6.54. The van der Waals surface area contributed by atoms with E-state index in [1.807, 2.05) is 72.8 Å². The van der Waals surface area contributed by atoms with Gasteiger partial charge in [0, 0.05) is 0 Å². The zero-order chi connectivity index (χ0) is 17.5. The van der Waals surface area contributed by atoms with Crippen molar-refractivity contribution in [2.75, 3.05) is 0 Å². The van der Waals surface area contributed by atoms with Gasteiger partial charge < -0.3 is 14.3 Å². The van der Waals surface area contributed by atoms with Crippen molar-refractivity contribution in [3.63, 3.8) is 0 Å². The average molecular weight is 340 g/mol. The van der Waals surface area contributed by atoms with Crippen molar-refractivity contribution in [1.82, 2.24) is 0 Å². The molecule has 0 bridgehead atoms. The lowest BCUT2D eigenvalue weighted by Crippen LogP contribution is -2.26. The van der Waals surface area contributed by atoms with Crippen LogP contribution in [0.2, 0.25) is 0 Å². The molecule has 0 fully saturated rings. The smallest absolute Gasteiger partial charge is 0.402 e. The Bertz CT molecular complexity index is 952. The van der Waals surface area contributed by atoms with Gasteiger partial charge in [-0.25, -0.2) is 0 Å². The number of hydrogen-bond acceptors (Lipinski definition) is 3. The van der Waals surface area contributed by atoms with Crippen LogP contribution >= 0.6 is 0 Å². The third-order valence-corrected chi connectivity index (χ3v) is 5.05. The fourth-order valence-corrected chi connectivity index (χ4v) is 3.87. The maximum absolute atomic E-state index is 10.5. The predicted molar refractivity (Wildman–Crippen MR) is 102 cm³/mol. The minimum Gasteiger partial charge on any atom is -0.402 e. The standard InChI is InChI=1S/C22H17BO3/c24-23(25-21-14-13-15-7-1-2-8-16(15)21)26-22-19-11-5-3-9-17(19)18-10-4-6-12-20(18)22/h1-14,21-22,24H. The van der Waals surface area contributed by atoms with Crippen molar-refractivity contribution < 1.29 is 14.3 Å². The van der Waals surface area contributed by atoms with E-state index in [0.29, 0.717) is 0 Å². The molecule has 1 unspecified atom stereocenters. The first-order valence-electron chi connectivity index (χ1n) is 8.75. The Morgan fingerprint density at radius 3 is 1.96 bits per heavy atom. The Labute approximate surface area is 152 Å². The van der Waals surface area contributed by atoms with E-state index >= 15 is 0 Å². The highest BCUT2D eigenvalue weighted by atomic mass is 16.7. The lowest BCUT2D eigenvalue weighted by molar-refractivity contribution is 0.0849. The third kappa shape index (κ3) is 2.51. The maximum Gasteiger partial charge on any atom is 0.638 e. The van der Waals surface area contributed by atoms with Crippen molar-refractivity contribution in [2.24, 2.45) is 0 Å². The van der Waals surface area contributed by atoms with Gasteiger partial charge in [-0.2, -0.15) is 0 Å². The number of benzene rings is 3. The van der Waals surface area contributed by atoms with Crippen LogP contribution in [0.5, 0.6) is 0 Å². The molecule has 1 N–H and O–H groups in total. The molecule has 0 aliphatic heterocycles. The highest BCUT2D eigenvalue weighted by molar-refractivity contribution is 6.34. The molecule has 0 heterocycles. The Morgan fingerprint density at radius 1 is 0.692 bits per heavy atom. The molecule has 0 saturated carbocycles. The van der Waals surface area contributed by atoms with E-state index in [1.54, 1.807) is 0 Å². The predicted octanol–water partition coefficient (Wildman–Crippen LogP) is 4.53. The summed E-state index contributed by atoms with van der Waals surface area (Å²) >= 11 is 0. The van der Waals surface area contributed by atoms with Gasteiger partial charge in [0.05, 0.1) is 12.2 Å². The summed E-state index contributed by atoms with van der Waals surface area (Å²) in [4.78, 5) is 0. The fourth-order valence-electron chi connectivity index (χ4n) is 3.87. The van der Waals surface area contributed by atoms with Gasteiger partial charge in [-0.05, 0) is 33.4 Å². The van der Waals surface area contributed by atoms with E-state index in [1.165, 1.54) is 0 Å². The quantitative estimate of drug-likeness (QED) is 0.709. The summed E-state index contributed by atoms with van der Waals surface area (Å²) in [5, 5.41) is 10.5. The molecule has 0 radical (unpaired) electrons. The molecule has 3 aromatic rings. The van der Waals surface area contributed by atoms with E-state index in [0.717, 1.165) is 33.4 Å². The third-order valence-electron chi connectivity index (χ3n) is 5.05. The summed E-state index contributed by atoms with van der Waals surface area (Å²) in [6.45, 7) is 0. The molecule has 126 valence electrons. The minimum atomic E-state index is -1.32. The van der Waals surface area contributed by atoms with Gasteiger partial charge in [-0.1, -0.05) is 84.9 Å². The van der Waals surface area contributed by atoms with Crippen molar-refractivity contribution in [3.05, 3.63) is 101 Å². The summed E-state index contributed by atoms with van der Waals surface area (Å²) in [6.07, 6.45) is 3.31. The van der Waals surface area contributed by atoms with Gasteiger partial charge in [0.15, 0.2) is 0 Å². The molecule has 3 aromatic carbocycles. The molecule has 0 aromatic heterocycles. The van der Waals surface area contributed by atoms with Crippen LogP contribution in [-0.2, 0) is 9.31 Å². The van der Waals surface area contributed by atoms with Crippen LogP contribution in [0.3, 0.4) is 0 Å². The van der Waals surface area contributed by atoms with Gasteiger partial charge in [0.2, 0.25) is 0 Å². The van der Waals surface area contributed by atoms with E-state index in [2.05, 4.69) is 12.1 Å². The molecule has 4 heteroatoms. The monoisotopic (exact) mass is 340 g/mol. The van der Waals surface area contributed by atoms with Crippen LogP contribution < -0.4 is 0 Å². The topological polar surface area (TPSA) is 38.7 Å². The summed E-state index contributed by atoms with van der Waals surface area (Å²) in [7, 11) is -1.32. The zero-order valence-electron chi connectivity index (χ0n) is 14.1. The lowest BCUT2D eigenvalue weighted by Gasteiger charge is -2.20. The van der Waals surface area contributed by atoms with Crippen molar-refractivity contribution in [1.29, 1.82) is 0 Å². The first kappa shape index (κ1) is 15.6. The first-order valence-corrected chi connectivity index (χ1v) is 8.75. The van der Waals surface area contributed by atoms with Crippen molar-refractivity contribution in [3.8, 4) is 11.1 Å². The van der Waals surface area contributed by atoms with Crippen LogP contribution in [0, 0.1) is 0 Å². The van der Waals surface area contributed by atoms with Crippen LogP contribution in [0.1, 0.15) is 34.5 Å². The van der Waals surface area contributed by atoms with Gasteiger partial charge in [-0.15, -0.1) is 0 Å². The van der Waals surface area contributed by atoms with Crippen LogP contribution in [0.15, 0.2) is 78.9 Å². The highest BCUT2D eigenvalue weighted by Crippen LogP contribution is 2.45. The number of rotatable bonds is 4. The summed E-state index contributed by atoms with van der Waals surface area (Å²) in [6, 6.07) is 24.3.